The fraction of sp³-hybridized carbons (Fsp3) is 0.561. The molecule has 0 aliphatic carbocycles. The number of aromatic carboxylic acids is 1. The number of carboxylic acids is 1. The number of amides is 5. The lowest BCUT2D eigenvalue weighted by Gasteiger charge is -2.34. The van der Waals surface area contributed by atoms with E-state index in [0.29, 0.717) is 45.4 Å². The molecule has 4 atom stereocenters. The molecule has 5 amide bonds. The second-order valence-corrected chi connectivity index (χ2v) is 14.3. The fourth-order valence-corrected chi connectivity index (χ4v) is 6.45. The van der Waals surface area contributed by atoms with Gasteiger partial charge in [-0.1, -0.05) is 70.2 Å². The van der Waals surface area contributed by atoms with Crippen LogP contribution >= 0.6 is 0 Å². The number of unbranched alkanes of at least 4 members (excludes halogenated alkanes) is 1. The van der Waals surface area contributed by atoms with Gasteiger partial charge in [0.25, 0.3) is 5.91 Å². The summed E-state index contributed by atoms with van der Waals surface area (Å²) in [5, 5.41) is 20.9. The minimum atomic E-state index is -1.30. The summed E-state index contributed by atoms with van der Waals surface area (Å²) >= 11 is 0. The summed E-state index contributed by atoms with van der Waals surface area (Å²) in [6.07, 6.45) is 0.661. The molecule has 0 aromatic heterocycles. The van der Waals surface area contributed by atoms with E-state index in [4.69, 9.17) is 14.2 Å². The van der Waals surface area contributed by atoms with Crippen LogP contribution in [0.25, 0.3) is 0 Å². The summed E-state index contributed by atoms with van der Waals surface area (Å²) in [6.45, 7) is 12.6. The van der Waals surface area contributed by atoms with Crippen LogP contribution in [0.4, 0.5) is 4.79 Å². The molecule has 0 radical (unpaired) electrons. The topological polar surface area (TPSA) is 202 Å². The second kappa shape index (κ2) is 23.1. The van der Waals surface area contributed by atoms with Crippen molar-refractivity contribution in [3.63, 3.8) is 0 Å². The first-order chi connectivity index (χ1) is 26.8. The number of nitrogens with one attached hydrogen (secondary N) is 4. The minimum absolute atomic E-state index is 0.0332. The Hall–Kier alpha value is -5.02. The van der Waals surface area contributed by atoms with E-state index in [2.05, 4.69) is 21.3 Å². The molecule has 15 nitrogen and oxygen atoms in total. The third-order valence-electron chi connectivity index (χ3n) is 9.48. The quantitative estimate of drug-likeness (QED) is 0.0850. The maximum atomic E-state index is 14.2. The lowest BCUT2D eigenvalue weighted by atomic mass is 10.00. The van der Waals surface area contributed by atoms with Gasteiger partial charge in [0.1, 0.15) is 24.7 Å². The van der Waals surface area contributed by atoms with Gasteiger partial charge in [-0.3, -0.25) is 19.2 Å². The zero-order valence-electron chi connectivity index (χ0n) is 33.4. The molecule has 2 aromatic carbocycles. The summed E-state index contributed by atoms with van der Waals surface area (Å²) in [7, 11) is 0. The van der Waals surface area contributed by atoms with Gasteiger partial charge >= 0.3 is 12.1 Å². The molecule has 308 valence electrons. The zero-order chi connectivity index (χ0) is 41.2. The molecular weight excluding hydrogens is 722 g/mol. The molecule has 0 spiro atoms. The van der Waals surface area contributed by atoms with Gasteiger partial charge in [0, 0.05) is 26.3 Å². The number of benzene rings is 2. The third-order valence-corrected chi connectivity index (χ3v) is 9.48. The van der Waals surface area contributed by atoms with Gasteiger partial charge in [-0.05, 0) is 75.5 Å². The van der Waals surface area contributed by atoms with Crippen LogP contribution < -0.4 is 21.3 Å². The molecule has 2 aromatic rings. The Kier molecular flexibility index (Phi) is 18.7. The van der Waals surface area contributed by atoms with Gasteiger partial charge in [0.05, 0.1) is 17.2 Å². The van der Waals surface area contributed by atoms with Crippen LogP contribution in [-0.2, 0) is 35.2 Å². The smallest absolute Gasteiger partial charge is 0.407 e. The van der Waals surface area contributed by atoms with E-state index >= 15 is 0 Å². The van der Waals surface area contributed by atoms with Gasteiger partial charge < -0.3 is 45.5 Å². The molecule has 5 N–H and O–H groups in total. The number of nitrogens with zero attached hydrogens (tertiary/aromatic N) is 1. The molecule has 0 saturated carbocycles. The minimum Gasteiger partial charge on any atom is -0.478 e. The standard InChI is InChI=1S/C41H59N5O10/c1-7-54-40(55-8-2)34(27(5)6)45-37(49)32-22-16-24-46(32)38(50)33(26(3)4)44-36(48)31(43-35(47)29-19-12-13-20-30(29)39(51)52)21-14-15-23-42-41(53)56-25-28-17-10-9-11-18-28/h9-13,17-20,26-27,31-34,40H,7-8,14-16,21-25H2,1-6H3,(H,42,53)(H,43,47)(H,44,48)(H,45,49)(H,51,52)/t31-,32-,33-,34-/m0/s1. The Morgan fingerprint density at radius 1 is 0.821 bits per heavy atom. The average Bonchev–Trinajstić information content (AvgIpc) is 3.68. The molecule has 15 heteroatoms. The zero-order valence-corrected chi connectivity index (χ0v) is 33.4. The predicted molar refractivity (Wildman–Crippen MR) is 208 cm³/mol. The molecule has 0 bridgehead atoms. The molecule has 0 unspecified atom stereocenters. The molecule has 1 fully saturated rings. The molecule has 1 heterocycles. The number of likely N-dealkylation sites (tertiary alicyclic amines) is 1. The molecular formula is C41H59N5O10. The van der Waals surface area contributed by atoms with Crippen molar-refractivity contribution in [2.75, 3.05) is 26.3 Å². The van der Waals surface area contributed by atoms with E-state index in [-0.39, 0.29) is 42.5 Å². The lowest BCUT2D eigenvalue weighted by molar-refractivity contribution is -0.166. The van der Waals surface area contributed by atoms with Crippen LogP contribution in [0, 0.1) is 11.8 Å². The Labute approximate surface area is 329 Å². The van der Waals surface area contributed by atoms with Crippen molar-refractivity contribution in [1.82, 2.24) is 26.2 Å². The van der Waals surface area contributed by atoms with Crippen LogP contribution in [0.3, 0.4) is 0 Å². The van der Waals surface area contributed by atoms with E-state index in [0.717, 1.165) is 5.56 Å². The highest BCUT2D eigenvalue weighted by Gasteiger charge is 2.41. The number of carboxylic acid groups (broad SMARTS) is 1. The van der Waals surface area contributed by atoms with Crippen molar-refractivity contribution in [2.24, 2.45) is 11.8 Å². The predicted octanol–water partition coefficient (Wildman–Crippen LogP) is 4.25. The van der Waals surface area contributed by atoms with E-state index < -0.39 is 66.2 Å². The summed E-state index contributed by atoms with van der Waals surface area (Å²) in [6, 6.07) is 11.4. The van der Waals surface area contributed by atoms with E-state index in [1.54, 1.807) is 13.8 Å². The van der Waals surface area contributed by atoms with Crippen molar-refractivity contribution < 1.29 is 48.1 Å². The van der Waals surface area contributed by atoms with Gasteiger partial charge in [0.15, 0.2) is 6.29 Å². The summed E-state index contributed by atoms with van der Waals surface area (Å²) in [4.78, 5) is 80.9. The maximum Gasteiger partial charge on any atom is 0.407 e. The number of hydrogen-bond donors (Lipinski definition) is 5. The number of carbonyl (C=O) groups excluding carboxylic acids is 5. The first-order valence-corrected chi connectivity index (χ1v) is 19.5. The molecule has 1 saturated heterocycles. The normalized spacial score (nSPS) is 15.6. The molecule has 3 rings (SSSR count). The Morgan fingerprint density at radius 3 is 2.07 bits per heavy atom. The average molecular weight is 782 g/mol. The van der Waals surface area contributed by atoms with E-state index in [9.17, 15) is 33.9 Å². The largest absolute Gasteiger partial charge is 0.478 e. The van der Waals surface area contributed by atoms with Crippen LogP contribution in [0.2, 0.25) is 0 Å². The van der Waals surface area contributed by atoms with E-state index in [1.807, 2.05) is 58.0 Å². The second-order valence-electron chi connectivity index (χ2n) is 14.3. The van der Waals surface area contributed by atoms with Crippen molar-refractivity contribution in [3.8, 4) is 0 Å². The third kappa shape index (κ3) is 13.6. The summed E-state index contributed by atoms with van der Waals surface area (Å²) in [5.41, 5.74) is 0.481. The molecule has 56 heavy (non-hydrogen) atoms. The van der Waals surface area contributed by atoms with Crippen LogP contribution in [-0.4, -0.2) is 102 Å². The van der Waals surface area contributed by atoms with Crippen LogP contribution in [0.15, 0.2) is 54.6 Å². The lowest BCUT2D eigenvalue weighted by Crippen LogP contribution is -2.59. The summed E-state index contributed by atoms with van der Waals surface area (Å²) in [5.74, 6) is -3.92. The molecule has 1 aliphatic rings. The Balaban J connectivity index is 1.73. The number of hydrogen-bond acceptors (Lipinski definition) is 9. The Morgan fingerprint density at radius 2 is 1.46 bits per heavy atom. The van der Waals surface area contributed by atoms with Crippen LogP contribution in [0.5, 0.6) is 0 Å². The number of alkyl carbamates (subject to hydrolysis) is 1. The highest BCUT2D eigenvalue weighted by molar-refractivity contribution is 6.06. The van der Waals surface area contributed by atoms with Gasteiger partial charge in [-0.25, -0.2) is 9.59 Å². The first kappa shape index (κ1) is 45.4. The number of rotatable bonds is 22. The molecule has 1 aliphatic heterocycles. The van der Waals surface area contributed by atoms with Crippen molar-refractivity contribution in [1.29, 1.82) is 0 Å². The van der Waals surface area contributed by atoms with Crippen molar-refractivity contribution in [2.45, 2.75) is 111 Å². The van der Waals surface area contributed by atoms with Gasteiger partial charge in [0.2, 0.25) is 17.7 Å². The van der Waals surface area contributed by atoms with Crippen LogP contribution in [0.1, 0.15) is 99.9 Å². The first-order valence-electron chi connectivity index (χ1n) is 19.5. The maximum absolute atomic E-state index is 14.2. The van der Waals surface area contributed by atoms with Gasteiger partial charge in [-0.2, -0.15) is 0 Å². The fourth-order valence-electron chi connectivity index (χ4n) is 6.45. The number of carbonyl (C=O) groups is 6. The van der Waals surface area contributed by atoms with E-state index in [1.165, 1.54) is 29.2 Å². The monoisotopic (exact) mass is 781 g/mol. The SMILES string of the molecule is CCOC(OCC)[C@@H](NC(=O)[C@@H]1CCCN1C(=O)[C@@H](NC(=O)[C@H](CCCCNC(=O)OCc1ccccc1)NC(=O)c1ccccc1C(=O)O)C(C)C)C(C)C. The van der Waals surface area contributed by atoms with Gasteiger partial charge in [-0.15, -0.1) is 0 Å². The number of ether oxygens (including phenoxy) is 3. The van der Waals surface area contributed by atoms with Crippen molar-refractivity contribution >= 4 is 35.7 Å². The van der Waals surface area contributed by atoms with Crippen molar-refractivity contribution in [3.05, 3.63) is 71.3 Å². The summed E-state index contributed by atoms with van der Waals surface area (Å²) < 4.78 is 16.8. The highest BCUT2D eigenvalue weighted by Crippen LogP contribution is 2.22. The Bertz CT molecular complexity index is 1600. The highest BCUT2D eigenvalue weighted by atomic mass is 16.7.